The van der Waals surface area contributed by atoms with Crippen LogP contribution >= 0.6 is 0 Å². The van der Waals surface area contributed by atoms with Crippen LogP contribution in [0.25, 0.3) is 22.0 Å². The molecule has 4 aromatic rings. The van der Waals surface area contributed by atoms with Gasteiger partial charge in [0.15, 0.2) is 0 Å². The fourth-order valence-electron chi connectivity index (χ4n) is 4.83. The zero-order chi connectivity index (χ0) is 24.7. The molecule has 35 heavy (non-hydrogen) atoms. The third-order valence-corrected chi connectivity index (χ3v) is 6.89. The summed E-state index contributed by atoms with van der Waals surface area (Å²) in [4.78, 5) is 0. The zero-order valence-corrected chi connectivity index (χ0v) is 21.2. The van der Waals surface area contributed by atoms with Crippen molar-refractivity contribution in [2.45, 2.75) is 39.8 Å². The summed E-state index contributed by atoms with van der Waals surface area (Å²) in [6.45, 7) is 6.84. The SMILES string of the molecule is CC/C(=C1\c2cc3cnn(C(C)C)c3cc2COc2ccccc21)c1cccc(NS(C)(=O)=O)c1. The third-order valence-electron chi connectivity index (χ3n) is 6.29. The molecule has 0 aliphatic carbocycles. The summed E-state index contributed by atoms with van der Waals surface area (Å²) in [5.41, 5.74) is 8.07. The minimum atomic E-state index is -3.38. The van der Waals surface area contributed by atoms with Crippen LogP contribution in [0.5, 0.6) is 5.75 Å². The Kier molecular flexibility index (Phi) is 5.89. The van der Waals surface area contributed by atoms with Crippen LogP contribution in [0.3, 0.4) is 0 Å². The molecule has 0 saturated heterocycles. The maximum atomic E-state index is 11.9. The minimum absolute atomic E-state index is 0.251. The van der Waals surface area contributed by atoms with Crippen molar-refractivity contribution in [1.82, 2.24) is 9.78 Å². The molecule has 6 nitrogen and oxygen atoms in total. The number of rotatable bonds is 5. The summed E-state index contributed by atoms with van der Waals surface area (Å²) in [7, 11) is -3.38. The number of nitrogens with one attached hydrogen (secondary N) is 1. The lowest BCUT2D eigenvalue weighted by atomic mass is 9.86. The van der Waals surface area contributed by atoms with Crippen molar-refractivity contribution in [3.63, 3.8) is 0 Å². The Bertz CT molecular complexity index is 1570. The lowest BCUT2D eigenvalue weighted by Gasteiger charge is -2.18. The molecule has 1 aliphatic heterocycles. The molecule has 0 bridgehead atoms. The van der Waals surface area contributed by atoms with Gasteiger partial charge in [-0.05, 0) is 78.4 Å². The van der Waals surface area contributed by atoms with Crippen LogP contribution in [0.1, 0.15) is 55.5 Å². The van der Waals surface area contributed by atoms with E-state index in [4.69, 9.17) is 4.74 Å². The van der Waals surface area contributed by atoms with Gasteiger partial charge in [0.25, 0.3) is 0 Å². The van der Waals surface area contributed by atoms with Crippen molar-refractivity contribution in [1.29, 1.82) is 0 Å². The fourth-order valence-corrected chi connectivity index (χ4v) is 5.39. The Morgan fingerprint density at radius 1 is 1.09 bits per heavy atom. The Balaban J connectivity index is 1.80. The number of nitrogens with zero attached hydrogens (tertiary/aromatic N) is 2. The van der Waals surface area contributed by atoms with Crippen LogP contribution in [-0.2, 0) is 16.6 Å². The van der Waals surface area contributed by atoms with Crippen molar-refractivity contribution < 1.29 is 13.2 Å². The average Bonchev–Trinajstić information content (AvgIpc) is 3.16. The molecular weight excluding hydrogens is 458 g/mol. The van der Waals surface area contributed by atoms with Crippen molar-refractivity contribution >= 4 is 37.8 Å². The smallest absolute Gasteiger partial charge is 0.229 e. The highest BCUT2D eigenvalue weighted by Gasteiger charge is 2.24. The van der Waals surface area contributed by atoms with Crippen LogP contribution < -0.4 is 9.46 Å². The predicted octanol–water partition coefficient (Wildman–Crippen LogP) is 6.25. The molecule has 5 rings (SSSR count). The van der Waals surface area contributed by atoms with Gasteiger partial charge in [-0.15, -0.1) is 0 Å². The van der Waals surface area contributed by atoms with Gasteiger partial charge in [-0.1, -0.05) is 37.3 Å². The summed E-state index contributed by atoms with van der Waals surface area (Å²) in [5.74, 6) is 0.838. The molecule has 0 radical (unpaired) electrons. The molecule has 0 amide bonds. The van der Waals surface area contributed by atoms with Gasteiger partial charge in [-0.2, -0.15) is 5.10 Å². The number of sulfonamides is 1. The van der Waals surface area contributed by atoms with Crippen molar-refractivity contribution in [2.75, 3.05) is 11.0 Å². The molecular formula is C28H29N3O3S. The van der Waals surface area contributed by atoms with Crippen LogP contribution in [0.4, 0.5) is 5.69 Å². The fraction of sp³-hybridized carbons (Fsp3) is 0.250. The first kappa shape index (κ1) is 23.2. The van der Waals surface area contributed by atoms with Crippen LogP contribution in [-0.4, -0.2) is 24.5 Å². The summed E-state index contributed by atoms with van der Waals surface area (Å²) in [5, 5.41) is 5.70. The van der Waals surface area contributed by atoms with E-state index in [9.17, 15) is 8.42 Å². The normalized spacial score (nSPS) is 14.8. The van der Waals surface area contributed by atoms with E-state index in [0.717, 1.165) is 62.7 Å². The van der Waals surface area contributed by atoms with Crippen LogP contribution in [0.15, 0.2) is 66.9 Å². The number of hydrogen-bond acceptors (Lipinski definition) is 4. The van der Waals surface area contributed by atoms with Gasteiger partial charge >= 0.3 is 0 Å². The number of anilines is 1. The van der Waals surface area contributed by atoms with E-state index in [0.29, 0.717) is 12.3 Å². The number of fused-ring (bicyclic) bond motifs is 3. The van der Waals surface area contributed by atoms with Crippen LogP contribution in [0, 0.1) is 0 Å². The number of aromatic nitrogens is 2. The quantitative estimate of drug-likeness (QED) is 0.361. The third kappa shape index (κ3) is 4.44. The van der Waals surface area contributed by atoms with Gasteiger partial charge in [0.1, 0.15) is 12.4 Å². The van der Waals surface area contributed by atoms with Crippen molar-refractivity contribution in [3.05, 3.63) is 89.1 Å². The summed E-state index contributed by atoms with van der Waals surface area (Å²) in [6.07, 6.45) is 3.85. The van der Waals surface area contributed by atoms with Gasteiger partial charge in [0.05, 0.1) is 18.0 Å². The summed E-state index contributed by atoms with van der Waals surface area (Å²) < 4.78 is 34.6. The highest BCUT2D eigenvalue weighted by Crippen LogP contribution is 2.43. The summed E-state index contributed by atoms with van der Waals surface area (Å²) in [6, 6.07) is 20.4. The highest BCUT2D eigenvalue weighted by atomic mass is 32.2. The molecule has 7 heteroatoms. The number of benzene rings is 3. The highest BCUT2D eigenvalue weighted by molar-refractivity contribution is 7.92. The standard InChI is InChI=1S/C28H29N3O3S/c1-5-23(19-9-8-10-22(13-19)30-35(4,32)33)28-24-11-6-7-12-27(24)34-17-21-15-26-20(14-25(21)28)16-29-31(26)18(2)3/h6-16,18,30H,5,17H2,1-4H3/b28-23+. The van der Waals surface area contributed by atoms with Gasteiger partial charge in [0.2, 0.25) is 10.0 Å². The van der Waals surface area contributed by atoms with E-state index in [1.807, 2.05) is 47.3 Å². The molecule has 0 fully saturated rings. The number of hydrogen-bond donors (Lipinski definition) is 1. The number of allylic oxidation sites excluding steroid dienone is 1. The lowest BCUT2D eigenvalue weighted by Crippen LogP contribution is -2.09. The van der Waals surface area contributed by atoms with E-state index in [1.54, 1.807) is 6.07 Å². The zero-order valence-electron chi connectivity index (χ0n) is 20.4. The minimum Gasteiger partial charge on any atom is -0.488 e. The maximum absolute atomic E-state index is 11.9. The predicted molar refractivity (Wildman–Crippen MR) is 142 cm³/mol. The molecule has 1 aromatic heterocycles. The Morgan fingerprint density at radius 2 is 1.89 bits per heavy atom. The second kappa shape index (κ2) is 8.89. The molecule has 0 saturated carbocycles. The van der Waals surface area contributed by atoms with Gasteiger partial charge in [-0.25, -0.2) is 8.42 Å². The Labute approximate surface area is 206 Å². The lowest BCUT2D eigenvalue weighted by molar-refractivity contribution is 0.307. The first-order valence-electron chi connectivity index (χ1n) is 11.8. The average molecular weight is 488 g/mol. The van der Waals surface area contributed by atoms with Gasteiger partial charge in [-0.3, -0.25) is 9.40 Å². The maximum Gasteiger partial charge on any atom is 0.229 e. The topological polar surface area (TPSA) is 73.2 Å². The second-order valence-electron chi connectivity index (χ2n) is 9.20. The van der Waals surface area contributed by atoms with Crippen molar-refractivity contribution in [3.8, 4) is 5.75 Å². The molecule has 2 heterocycles. The molecule has 1 N–H and O–H groups in total. The van der Waals surface area contributed by atoms with E-state index >= 15 is 0 Å². The Morgan fingerprint density at radius 3 is 2.63 bits per heavy atom. The van der Waals surface area contributed by atoms with Gasteiger partial charge < -0.3 is 4.74 Å². The van der Waals surface area contributed by atoms with E-state index < -0.39 is 10.0 Å². The Hall–Kier alpha value is -3.58. The van der Waals surface area contributed by atoms with E-state index in [2.05, 4.69) is 48.8 Å². The van der Waals surface area contributed by atoms with Crippen LogP contribution in [0.2, 0.25) is 0 Å². The largest absolute Gasteiger partial charge is 0.488 e. The molecule has 0 spiro atoms. The summed E-state index contributed by atoms with van der Waals surface area (Å²) >= 11 is 0. The molecule has 3 aromatic carbocycles. The molecule has 0 atom stereocenters. The number of para-hydroxylation sites is 1. The molecule has 0 unspecified atom stereocenters. The monoisotopic (exact) mass is 487 g/mol. The van der Waals surface area contributed by atoms with Gasteiger partial charge in [0, 0.05) is 22.7 Å². The van der Waals surface area contributed by atoms with E-state index in [1.165, 1.54) is 0 Å². The second-order valence-corrected chi connectivity index (χ2v) is 10.9. The van der Waals surface area contributed by atoms with Crippen molar-refractivity contribution in [2.24, 2.45) is 0 Å². The molecule has 180 valence electrons. The first-order valence-corrected chi connectivity index (χ1v) is 13.7. The first-order chi connectivity index (χ1) is 16.7. The van der Waals surface area contributed by atoms with E-state index in [-0.39, 0.29) is 6.04 Å². The number of ether oxygens (including phenoxy) is 1. The molecule has 1 aliphatic rings.